The Morgan fingerprint density at radius 2 is 2.17 bits per heavy atom. The monoisotopic (exact) mass is 349 g/mol. The van der Waals surface area contributed by atoms with Crippen LogP contribution in [0, 0.1) is 0 Å². The highest BCUT2D eigenvalue weighted by Crippen LogP contribution is 2.22. The first-order chi connectivity index (χ1) is 10.9. The quantitative estimate of drug-likeness (QED) is 0.755. The molecule has 1 amide bonds. The lowest BCUT2D eigenvalue weighted by molar-refractivity contribution is 0.0981. The molecule has 0 aliphatic carbocycles. The molecule has 3 rings (SSSR count). The topological polar surface area (TPSA) is 107 Å². The van der Waals surface area contributed by atoms with Crippen LogP contribution in [0.5, 0.6) is 0 Å². The molecule has 0 unspecified atom stereocenters. The molecule has 0 radical (unpaired) electrons. The second-order valence-electron chi connectivity index (χ2n) is 4.63. The highest BCUT2D eigenvalue weighted by molar-refractivity contribution is 7.89. The van der Waals surface area contributed by atoms with Crippen LogP contribution in [0.4, 0.5) is 0 Å². The normalized spacial score (nSPS) is 11.3. The summed E-state index contributed by atoms with van der Waals surface area (Å²) in [5.74, 6) is -0.747. The number of amides is 1. The van der Waals surface area contributed by atoms with Gasteiger partial charge >= 0.3 is 0 Å². The maximum atomic E-state index is 11.8. The number of aromatic nitrogens is 4. The number of carbonyl (C=O) groups is 1. The Morgan fingerprint density at radius 3 is 2.87 bits per heavy atom. The van der Waals surface area contributed by atoms with Crippen molar-refractivity contribution in [2.75, 3.05) is 6.26 Å². The van der Waals surface area contributed by atoms with Crippen LogP contribution in [0.15, 0.2) is 42.3 Å². The Balaban J connectivity index is 1.84. The molecule has 0 saturated carbocycles. The van der Waals surface area contributed by atoms with E-state index >= 15 is 0 Å². The summed E-state index contributed by atoms with van der Waals surface area (Å²) in [4.78, 5) is 19.9. The molecule has 118 valence electrons. The minimum atomic E-state index is -3.62. The first kappa shape index (κ1) is 15.3. The molecule has 0 saturated heterocycles. The van der Waals surface area contributed by atoms with Crippen LogP contribution in [-0.4, -0.2) is 40.3 Å². The lowest BCUT2D eigenvalue weighted by atomic mass is 10.3. The van der Waals surface area contributed by atoms with Crippen molar-refractivity contribution in [1.29, 1.82) is 0 Å². The molecule has 3 heterocycles. The van der Waals surface area contributed by atoms with E-state index in [2.05, 4.69) is 15.1 Å². The molecule has 23 heavy (non-hydrogen) atoms. The summed E-state index contributed by atoms with van der Waals surface area (Å²) in [6, 6.07) is 3.66. The van der Waals surface area contributed by atoms with Gasteiger partial charge in [0.15, 0.2) is 5.01 Å². The van der Waals surface area contributed by atoms with Gasteiger partial charge in [-0.15, -0.1) is 11.3 Å². The number of hydrogen-bond donors (Lipinski definition) is 1. The van der Waals surface area contributed by atoms with Crippen molar-refractivity contribution in [1.82, 2.24) is 24.5 Å². The van der Waals surface area contributed by atoms with Gasteiger partial charge in [0.25, 0.3) is 5.91 Å². The van der Waals surface area contributed by atoms with Crippen LogP contribution < -0.4 is 4.72 Å². The average Bonchev–Trinajstić information content (AvgIpc) is 3.16. The molecular formula is C13H11N5O3S2. The number of sulfonamides is 1. The SMILES string of the molecule is CS(=O)(=O)NC(=O)c1nc(-c2cnn(-c3cccnc3)c2)cs1. The predicted molar refractivity (Wildman–Crippen MR) is 84.8 cm³/mol. The average molecular weight is 349 g/mol. The highest BCUT2D eigenvalue weighted by Gasteiger charge is 2.16. The van der Waals surface area contributed by atoms with E-state index in [-0.39, 0.29) is 5.01 Å². The van der Waals surface area contributed by atoms with Crippen LogP contribution in [0.25, 0.3) is 16.9 Å². The number of thiazole rings is 1. The summed E-state index contributed by atoms with van der Waals surface area (Å²) in [6.45, 7) is 0. The number of hydrogen-bond acceptors (Lipinski definition) is 7. The zero-order chi connectivity index (χ0) is 16.4. The minimum Gasteiger partial charge on any atom is -0.265 e. The van der Waals surface area contributed by atoms with Crippen molar-refractivity contribution in [2.24, 2.45) is 0 Å². The van der Waals surface area contributed by atoms with Gasteiger partial charge in [0.2, 0.25) is 10.0 Å². The molecule has 0 aromatic carbocycles. The van der Waals surface area contributed by atoms with Gasteiger partial charge in [0.1, 0.15) is 0 Å². The van der Waals surface area contributed by atoms with Crippen LogP contribution in [0.3, 0.4) is 0 Å². The molecular weight excluding hydrogens is 338 g/mol. The zero-order valence-electron chi connectivity index (χ0n) is 11.9. The maximum Gasteiger partial charge on any atom is 0.293 e. The highest BCUT2D eigenvalue weighted by atomic mass is 32.2. The molecule has 0 fully saturated rings. The molecule has 10 heteroatoms. The Morgan fingerprint density at radius 1 is 1.35 bits per heavy atom. The molecule has 3 aromatic rings. The van der Waals surface area contributed by atoms with Gasteiger partial charge in [-0.05, 0) is 12.1 Å². The number of rotatable bonds is 4. The van der Waals surface area contributed by atoms with Crippen LogP contribution in [0.2, 0.25) is 0 Å². The fraction of sp³-hybridized carbons (Fsp3) is 0.0769. The predicted octanol–water partition coefficient (Wildman–Crippen LogP) is 1.08. The second kappa shape index (κ2) is 5.89. The summed E-state index contributed by atoms with van der Waals surface area (Å²) >= 11 is 1.06. The number of pyridine rings is 1. The molecule has 0 bridgehead atoms. The third-order valence-electron chi connectivity index (χ3n) is 2.77. The minimum absolute atomic E-state index is 0.0690. The van der Waals surface area contributed by atoms with E-state index in [0.29, 0.717) is 11.3 Å². The number of nitrogens with one attached hydrogen (secondary N) is 1. The van der Waals surface area contributed by atoms with Gasteiger partial charge in [0, 0.05) is 23.3 Å². The van der Waals surface area contributed by atoms with Crippen molar-refractivity contribution in [3.8, 4) is 16.9 Å². The molecule has 1 N–H and O–H groups in total. The molecule has 0 aliphatic rings. The van der Waals surface area contributed by atoms with Crippen molar-refractivity contribution >= 4 is 27.3 Å². The molecule has 0 spiro atoms. The first-order valence-corrected chi connectivity index (χ1v) is 9.12. The molecule has 8 nitrogen and oxygen atoms in total. The standard InChI is InChI=1S/C13H11N5O3S2/c1-23(20,21)17-12(19)13-16-11(8-22-13)9-5-15-18(7-9)10-3-2-4-14-6-10/h2-8H,1H3,(H,17,19). The smallest absolute Gasteiger partial charge is 0.265 e. The third-order valence-corrected chi connectivity index (χ3v) is 4.16. The van der Waals surface area contributed by atoms with E-state index in [9.17, 15) is 13.2 Å². The van der Waals surface area contributed by atoms with Crippen molar-refractivity contribution < 1.29 is 13.2 Å². The van der Waals surface area contributed by atoms with E-state index in [1.54, 1.807) is 40.9 Å². The molecule has 0 atom stereocenters. The molecule has 3 aromatic heterocycles. The lowest BCUT2D eigenvalue weighted by Gasteiger charge is -1.98. The van der Waals surface area contributed by atoms with E-state index in [4.69, 9.17) is 0 Å². The van der Waals surface area contributed by atoms with E-state index in [1.165, 1.54) is 0 Å². The number of nitrogens with zero attached hydrogens (tertiary/aromatic N) is 4. The van der Waals surface area contributed by atoms with Crippen molar-refractivity contribution in [3.63, 3.8) is 0 Å². The van der Waals surface area contributed by atoms with E-state index in [1.807, 2.05) is 10.8 Å². The van der Waals surface area contributed by atoms with E-state index < -0.39 is 15.9 Å². The van der Waals surface area contributed by atoms with Gasteiger partial charge in [-0.1, -0.05) is 0 Å². The van der Waals surface area contributed by atoms with Gasteiger partial charge in [0.05, 0.1) is 30.0 Å². The van der Waals surface area contributed by atoms with Crippen molar-refractivity contribution in [2.45, 2.75) is 0 Å². The zero-order valence-corrected chi connectivity index (χ0v) is 13.5. The fourth-order valence-electron chi connectivity index (χ4n) is 1.81. The van der Waals surface area contributed by atoms with Crippen LogP contribution in [-0.2, 0) is 10.0 Å². The summed E-state index contributed by atoms with van der Waals surface area (Å²) in [6.07, 6.45) is 7.62. The number of carbonyl (C=O) groups excluding carboxylic acids is 1. The summed E-state index contributed by atoms with van der Waals surface area (Å²) in [5, 5.41) is 5.96. The largest absolute Gasteiger partial charge is 0.293 e. The maximum absolute atomic E-state index is 11.8. The summed E-state index contributed by atoms with van der Waals surface area (Å²) in [5.41, 5.74) is 2.05. The Labute approximate surface area is 135 Å². The fourth-order valence-corrected chi connectivity index (χ4v) is 3.03. The van der Waals surface area contributed by atoms with Gasteiger partial charge in [-0.25, -0.2) is 22.8 Å². The second-order valence-corrected chi connectivity index (χ2v) is 7.23. The summed E-state index contributed by atoms with van der Waals surface area (Å²) in [7, 11) is -3.62. The lowest BCUT2D eigenvalue weighted by Crippen LogP contribution is -2.29. The van der Waals surface area contributed by atoms with Crippen LogP contribution >= 0.6 is 11.3 Å². The van der Waals surface area contributed by atoms with Crippen LogP contribution in [0.1, 0.15) is 9.80 Å². The van der Waals surface area contributed by atoms with Gasteiger partial charge in [-0.2, -0.15) is 5.10 Å². The first-order valence-electron chi connectivity index (χ1n) is 6.35. The summed E-state index contributed by atoms with van der Waals surface area (Å²) < 4.78 is 25.7. The Bertz CT molecular complexity index is 947. The van der Waals surface area contributed by atoms with E-state index in [0.717, 1.165) is 23.3 Å². The van der Waals surface area contributed by atoms with Crippen molar-refractivity contribution in [3.05, 3.63) is 47.3 Å². The third kappa shape index (κ3) is 3.60. The van der Waals surface area contributed by atoms with Gasteiger partial charge in [-0.3, -0.25) is 9.78 Å². The molecule has 0 aliphatic heterocycles. The Hall–Kier alpha value is -2.59. The Kier molecular flexibility index (Phi) is 3.92. The van der Waals surface area contributed by atoms with Gasteiger partial charge < -0.3 is 0 Å².